The van der Waals surface area contributed by atoms with E-state index in [0.29, 0.717) is 21.9 Å². The highest BCUT2D eigenvalue weighted by molar-refractivity contribution is 7.12. The molecule has 0 spiro atoms. The molecule has 3 N–H and O–H groups in total. The summed E-state index contributed by atoms with van der Waals surface area (Å²) in [4.78, 5) is 27.8. The van der Waals surface area contributed by atoms with Gasteiger partial charge in [-0.2, -0.15) is 0 Å². The Hall–Kier alpha value is -2.41. The third-order valence-electron chi connectivity index (χ3n) is 2.50. The van der Waals surface area contributed by atoms with Crippen LogP contribution in [0, 0.1) is 0 Å². The number of carbonyl (C=O) groups is 2. The normalized spacial score (nSPS) is 10.1. The monoisotopic (exact) mass is 291 g/mol. The third kappa shape index (κ3) is 3.33. The van der Waals surface area contributed by atoms with E-state index in [4.69, 9.17) is 5.73 Å². The topological polar surface area (TPSA) is 94.3 Å². The predicted octanol–water partition coefficient (Wildman–Crippen LogP) is 1.69. The molecule has 0 bridgehead atoms. The summed E-state index contributed by atoms with van der Waals surface area (Å²) in [7, 11) is 1.30. The number of esters is 1. The number of hydrogen-bond donors (Lipinski definition) is 2. The van der Waals surface area contributed by atoms with Crippen LogP contribution in [-0.4, -0.2) is 24.0 Å². The SMILES string of the molecule is COC(=O)c1sccc1NC(=O)Cc1ccc(N)cn1. The lowest BCUT2D eigenvalue weighted by Gasteiger charge is -2.05. The van der Waals surface area contributed by atoms with E-state index in [1.165, 1.54) is 24.6 Å². The Bertz CT molecular complexity index is 622. The van der Waals surface area contributed by atoms with Gasteiger partial charge in [0.15, 0.2) is 0 Å². The average molecular weight is 291 g/mol. The maximum absolute atomic E-state index is 11.9. The van der Waals surface area contributed by atoms with Gasteiger partial charge >= 0.3 is 5.97 Å². The molecule has 0 saturated heterocycles. The third-order valence-corrected chi connectivity index (χ3v) is 3.39. The summed E-state index contributed by atoms with van der Waals surface area (Å²) < 4.78 is 4.64. The molecule has 104 valence electrons. The minimum atomic E-state index is -0.471. The van der Waals surface area contributed by atoms with Crippen molar-refractivity contribution < 1.29 is 14.3 Å². The number of thiophene rings is 1. The van der Waals surface area contributed by atoms with Crippen molar-refractivity contribution in [2.24, 2.45) is 0 Å². The van der Waals surface area contributed by atoms with E-state index < -0.39 is 5.97 Å². The van der Waals surface area contributed by atoms with Gasteiger partial charge in [-0.05, 0) is 23.6 Å². The van der Waals surface area contributed by atoms with Gasteiger partial charge in [-0.1, -0.05) is 0 Å². The molecule has 20 heavy (non-hydrogen) atoms. The number of hydrogen-bond acceptors (Lipinski definition) is 6. The minimum Gasteiger partial charge on any atom is -0.465 e. The first-order valence-corrected chi connectivity index (χ1v) is 6.64. The number of anilines is 2. The maximum Gasteiger partial charge on any atom is 0.350 e. The molecule has 0 aromatic carbocycles. The van der Waals surface area contributed by atoms with Crippen LogP contribution in [0.1, 0.15) is 15.4 Å². The lowest BCUT2D eigenvalue weighted by molar-refractivity contribution is -0.115. The number of nitrogens with zero attached hydrogens (tertiary/aromatic N) is 1. The van der Waals surface area contributed by atoms with Crippen molar-refractivity contribution in [3.63, 3.8) is 0 Å². The summed E-state index contributed by atoms with van der Waals surface area (Å²) in [6, 6.07) is 5.02. The van der Waals surface area contributed by atoms with Crippen LogP contribution in [0.4, 0.5) is 11.4 Å². The molecule has 0 aliphatic carbocycles. The van der Waals surface area contributed by atoms with Gasteiger partial charge in [0.05, 0.1) is 31.1 Å². The molecule has 0 aliphatic rings. The fourth-order valence-electron chi connectivity index (χ4n) is 1.56. The first kappa shape index (κ1) is 14.0. The second-order valence-electron chi connectivity index (χ2n) is 3.96. The molecule has 0 aliphatic heterocycles. The molecule has 2 aromatic heterocycles. The van der Waals surface area contributed by atoms with Crippen molar-refractivity contribution in [3.05, 3.63) is 40.3 Å². The summed E-state index contributed by atoms with van der Waals surface area (Å²) in [5, 5.41) is 4.38. The zero-order chi connectivity index (χ0) is 14.5. The Morgan fingerprint density at radius 3 is 2.85 bits per heavy atom. The number of pyridine rings is 1. The van der Waals surface area contributed by atoms with Crippen LogP contribution in [-0.2, 0) is 16.0 Å². The Balaban J connectivity index is 2.03. The van der Waals surface area contributed by atoms with Gasteiger partial charge in [0.2, 0.25) is 5.91 Å². The smallest absolute Gasteiger partial charge is 0.350 e. The van der Waals surface area contributed by atoms with E-state index in [1.54, 1.807) is 23.6 Å². The Morgan fingerprint density at radius 1 is 1.40 bits per heavy atom. The second-order valence-corrected chi connectivity index (χ2v) is 4.88. The van der Waals surface area contributed by atoms with Crippen LogP contribution in [0.3, 0.4) is 0 Å². The van der Waals surface area contributed by atoms with Gasteiger partial charge in [0.25, 0.3) is 0 Å². The first-order valence-electron chi connectivity index (χ1n) is 5.76. The zero-order valence-electron chi connectivity index (χ0n) is 10.8. The highest BCUT2D eigenvalue weighted by Gasteiger charge is 2.15. The predicted molar refractivity (Wildman–Crippen MR) is 76.6 cm³/mol. The molecular formula is C13H13N3O3S. The van der Waals surface area contributed by atoms with Gasteiger partial charge in [-0.15, -0.1) is 11.3 Å². The van der Waals surface area contributed by atoms with Gasteiger partial charge in [0, 0.05) is 5.69 Å². The van der Waals surface area contributed by atoms with Crippen molar-refractivity contribution in [1.82, 2.24) is 4.98 Å². The minimum absolute atomic E-state index is 0.108. The summed E-state index contributed by atoms with van der Waals surface area (Å²) >= 11 is 1.21. The zero-order valence-corrected chi connectivity index (χ0v) is 11.6. The highest BCUT2D eigenvalue weighted by Crippen LogP contribution is 2.23. The van der Waals surface area contributed by atoms with Gasteiger partial charge in [0.1, 0.15) is 4.88 Å². The average Bonchev–Trinajstić information content (AvgIpc) is 2.88. The summed E-state index contributed by atoms with van der Waals surface area (Å²) in [5.74, 6) is -0.730. The molecule has 1 amide bonds. The Kier molecular flexibility index (Phi) is 4.31. The molecule has 0 saturated carbocycles. The Morgan fingerprint density at radius 2 is 2.20 bits per heavy atom. The van der Waals surface area contributed by atoms with Crippen molar-refractivity contribution >= 4 is 34.6 Å². The van der Waals surface area contributed by atoms with E-state index in [2.05, 4.69) is 15.0 Å². The lowest BCUT2D eigenvalue weighted by atomic mass is 10.2. The van der Waals surface area contributed by atoms with Crippen LogP contribution in [0.15, 0.2) is 29.8 Å². The molecule has 0 unspecified atom stereocenters. The molecule has 2 rings (SSSR count). The second kappa shape index (κ2) is 6.16. The van der Waals surface area contributed by atoms with Gasteiger partial charge in [-0.3, -0.25) is 9.78 Å². The number of rotatable bonds is 4. The molecule has 0 radical (unpaired) electrons. The Labute approximate surface area is 119 Å². The van der Waals surface area contributed by atoms with Crippen molar-refractivity contribution in [2.45, 2.75) is 6.42 Å². The summed E-state index contributed by atoms with van der Waals surface area (Å²) in [5.41, 5.74) is 7.11. The number of carbonyl (C=O) groups excluding carboxylic acids is 2. The molecule has 7 heteroatoms. The summed E-state index contributed by atoms with van der Waals surface area (Å²) in [6.45, 7) is 0. The number of aromatic nitrogens is 1. The van der Waals surface area contributed by atoms with Gasteiger partial charge < -0.3 is 15.8 Å². The highest BCUT2D eigenvalue weighted by atomic mass is 32.1. The fourth-order valence-corrected chi connectivity index (χ4v) is 2.32. The number of amides is 1. The number of ether oxygens (including phenoxy) is 1. The quantitative estimate of drug-likeness (QED) is 0.836. The van der Waals surface area contributed by atoms with Crippen LogP contribution in [0.25, 0.3) is 0 Å². The van der Waals surface area contributed by atoms with E-state index in [-0.39, 0.29) is 12.3 Å². The van der Waals surface area contributed by atoms with Crippen molar-refractivity contribution in [3.8, 4) is 0 Å². The fraction of sp³-hybridized carbons (Fsp3) is 0.154. The summed E-state index contributed by atoms with van der Waals surface area (Å²) in [6.07, 6.45) is 1.60. The number of nitrogen functional groups attached to an aromatic ring is 1. The number of nitrogens with one attached hydrogen (secondary N) is 1. The molecule has 2 aromatic rings. The van der Waals surface area contributed by atoms with E-state index in [9.17, 15) is 9.59 Å². The standard InChI is InChI=1S/C13H13N3O3S/c1-19-13(18)12-10(4-5-20-12)16-11(17)6-9-3-2-8(14)7-15-9/h2-5,7H,6,14H2,1H3,(H,16,17). The maximum atomic E-state index is 11.9. The molecule has 0 atom stereocenters. The van der Waals surface area contributed by atoms with Gasteiger partial charge in [-0.25, -0.2) is 4.79 Å². The van der Waals surface area contributed by atoms with Crippen LogP contribution in [0.5, 0.6) is 0 Å². The molecule has 6 nitrogen and oxygen atoms in total. The van der Waals surface area contributed by atoms with Crippen LogP contribution in [0.2, 0.25) is 0 Å². The van der Waals surface area contributed by atoms with E-state index in [0.717, 1.165) is 0 Å². The number of nitrogens with two attached hydrogens (primary N) is 1. The van der Waals surface area contributed by atoms with Crippen LogP contribution >= 0.6 is 11.3 Å². The first-order chi connectivity index (χ1) is 9.60. The largest absolute Gasteiger partial charge is 0.465 e. The van der Waals surface area contributed by atoms with Crippen molar-refractivity contribution in [1.29, 1.82) is 0 Å². The van der Waals surface area contributed by atoms with E-state index in [1.807, 2.05) is 0 Å². The molecular weight excluding hydrogens is 278 g/mol. The lowest BCUT2D eigenvalue weighted by Crippen LogP contribution is -2.16. The van der Waals surface area contributed by atoms with Crippen LogP contribution < -0.4 is 11.1 Å². The molecule has 2 heterocycles. The van der Waals surface area contributed by atoms with E-state index >= 15 is 0 Å². The van der Waals surface area contributed by atoms with Crippen molar-refractivity contribution in [2.75, 3.05) is 18.2 Å². The number of methoxy groups -OCH3 is 1. The molecule has 0 fully saturated rings.